The normalized spacial score (nSPS) is 20.6. The van der Waals surface area contributed by atoms with E-state index < -0.39 is 49.4 Å². The fourth-order valence-corrected chi connectivity index (χ4v) is 6.80. The molecule has 1 saturated heterocycles. The Morgan fingerprint density at radius 2 is 0.982 bits per heavy atom. The van der Waals surface area contributed by atoms with Crippen LogP contribution in [0.5, 0.6) is 0 Å². The number of unbranched alkanes of at least 4 members (excludes halogenated alkanes) is 21. The highest BCUT2D eigenvalue weighted by Crippen LogP contribution is 2.22. The van der Waals surface area contributed by atoms with E-state index in [1.165, 1.54) is 89.9 Å². The summed E-state index contributed by atoms with van der Waals surface area (Å²) in [5.41, 5.74) is 0. The van der Waals surface area contributed by atoms with Crippen LogP contribution in [0.1, 0.15) is 194 Å². The Balaban J connectivity index is 2.32. The molecular formula is C47H84O10. The van der Waals surface area contributed by atoms with E-state index in [1.807, 2.05) is 0 Å². The second-order valence-electron chi connectivity index (χ2n) is 15.8. The van der Waals surface area contributed by atoms with Crippen LogP contribution in [0.25, 0.3) is 0 Å². The molecule has 57 heavy (non-hydrogen) atoms. The molecule has 1 fully saturated rings. The lowest BCUT2D eigenvalue weighted by atomic mass is 9.99. The van der Waals surface area contributed by atoms with Crippen molar-refractivity contribution >= 4 is 11.9 Å². The van der Waals surface area contributed by atoms with E-state index >= 15 is 0 Å². The maximum absolute atomic E-state index is 12.8. The maximum atomic E-state index is 12.8. The van der Waals surface area contributed by atoms with Crippen LogP contribution in [-0.4, -0.2) is 89.0 Å². The van der Waals surface area contributed by atoms with Gasteiger partial charge in [-0.05, 0) is 70.6 Å². The average Bonchev–Trinajstić information content (AvgIpc) is 3.21. The molecule has 0 saturated carbocycles. The third-order valence-corrected chi connectivity index (χ3v) is 10.5. The van der Waals surface area contributed by atoms with Crippen molar-refractivity contribution in [1.82, 2.24) is 0 Å². The topological polar surface area (TPSA) is 152 Å². The van der Waals surface area contributed by atoms with E-state index in [1.54, 1.807) is 0 Å². The molecule has 10 heteroatoms. The van der Waals surface area contributed by atoms with Crippen molar-refractivity contribution < 1.29 is 49.0 Å². The second kappa shape index (κ2) is 38.1. The zero-order valence-corrected chi connectivity index (χ0v) is 36.1. The van der Waals surface area contributed by atoms with Crippen molar-refractivity contribution in [3.63, 3.8) is 0 Å². The van der Waals surface area contributed by atoms with E-state index in [9.17, 15) is 30.0 Å². The van der Waals surface area contributed by atoms with Gasteiger partial charge < -0.3 is 39.4 Å². The summed E-state index contributed by atoms with van der Waals surface area (Å²) in [6, 6.07) is 0. The molecule has 0 bridgehead atoms. The maximum Gasteiger partial charge on any atom is 0.306 e. The number of rotatable bonds is 38. The number of hydrogen-bond acceptors (Lipinski definition) is 10. The Kier molecular flexibility index (Phi) is 35.4. The molecule has 1 aliphatic heterocycles. The van der Waals surface area contributed by atoms with Crippen molar-refractivity contribution in [2.75, 3.05) is 19.8 Å². The number of allylic oxidation sites excluding steroid dienone is 6. The van der Waals surface area contributed by atoms with Crippen LogP contribution in [0.2, 0.25) is 0 Å². The Labute approximate surface area is 346 Å². The molecule has 6 atom stereocenters. The van der Waals surface area contributed by atoms with Crippen molar-refractivity contribution in [3.05, 3.63) is 36.5 Å². The second-order valence-corrected chi connectivity index (χ2v) is 15.8. The summed E-state index contributed by atoms with van der Waals surface area (Å²) in [4.78, 5) is 25.3. The SMILES string of the molecule is CCCCC/C=C/C/C=C/CCCCCCCC(=O)O[C@@H](COC(=O)CCCCCCCCCCC/C=C/CCCCCC)CO[C@H]1O[C@@H](CO)[C@@H](O)C(O)C1O. The molecule has 0 radical (unpaired) electrons. The summed E-state index contributed by atoms with van der Waals surface area (Å²) in [6.07, 6.45) is 35.7. The first-order valence-corrected chi connectivity index (χ1v) is 23.1. The van der Waals surface area contributed by atoms with Crippen LogP contribution >= 0.6 is 0 Å². The first-order chi connectivity index (χ1) is 27.8. The van der Waals surface area contributed by atoms with Crippen molar-refractivity contribution in [2.24, 2.45) is 0 Å². The van der Waals surface area contributed by atoms with Crippen LogP contribution in [0.3, 0.4) is 0 Å². The van der Waals surface area contributed by atoms with Crippen LogP contribution in [-0.2, 0) is 28.5 Å². The molecule has 1 heterocycles. The molecule has 0 spiro atoms. The number of esters is 2. The predicted octanol–water partition coefficient (Wildman–Crippen LogP) is 9.89. The molecule has 0 aromatic rings. The molecule has 0 aliphatic carbocycles. The smallest absolute Gasteiger partial charge is 0.306 e. The summed E-state index contributed by atoms with van der Waals surface area (Å²) in [7, 11) is 0. The van der Waals surface area contributed by atoms with E-state index in [-0.39, 0.29) is 32.0 Å². The lowest BCUT2D eigenvalue weighted by Crippen LogP contribution is -2.59. The number of aliphatic hydroxyl groups excluding tert-OH is 4. The fourth-order valence-electron chi connectivity index (χ4n) is 6.80. The van der Waals surface area contributed by atoms with Gasteiger partial charge in [-0.1, -0.05) is 147 Å². The van der Waals surface area contributed by atoms with Gasteiger partial charge in [-0.25, -0.2) is 0 Å². The highest BCUT2D eigenvalue weighted by Gasteiger charge is 2.44. The van der Waals surface area contributed by atoms with Gasteiger partial charge in [0.15, 0.2) is 12.4 Å². The molecule has 4 N–H and O–H groups in total. The van der Waals surface area contributed by atoms with Gasteiger partial charge in [-0.3, -0.25) is 9.59 Å². The summed E-state index contributed by atoms with van der Waals surface area (Å²) in [5.74, 6) is -0.822. The first-order valence-electron chi connectivity index (χ1n) is 23.1. The number of carbonyl (C=O) groups excluding carboxylic acids is 2. The lowest BCUT2D eigenvalue weighted by molar-refractivity contribution is -0.305. The summed E-state index contributed by atoms with van der Waals surface area (Å²) in [5, 5.41) is 40.1. The molecule has 332 valence electrons. The molecule has 0 aromatic carbocycles. The number of carbonyl (C=O) groups is 2. The molecule has 0 amide bonds. The number of hydrogen-bond donors (Lipinski definition) is 4. The third-order valence-electron chi connectivity index (χ3n) is 10.5. The Hall–Kier alpha value is -2.08. The monoisotopic (exact) mass is 809 g/mol. The average molecular weight is 809 g/mol. The van der Waals surface area contributed by atoms with Gasteiger partial charge in [0.05, 0.1) is 13.2 Å². The van der Waals surface area contributed by atoms with E-state index in [4.69, 9.17) is 18.9 Å². The quantitative estimate of drug-likeness (QED) is 0.0270. The molecule has 1 aliphatic rings. The Bertz CT molecular complexity index is 1030. The lowest BCUT2D eigenvalue weighted by Gasteiger charge is -2.39. The molecule has 10 nitrogen and oxygen atoms in total. The van der Waals surface area contributed by atoms with Crippen LogP contribution in [0.4, 0.5) is 0 Å². The van der Waals surface area contributed by atoms with E-state index in [0.29, 0.717) is 6.42 Å². The third kappa shape index (κ3) is 29.7. The summed E-state index contributed by atoms with van der Waals surface area (Å²) >= 11 is 0. The zero-order valence-electron chi connectivity index (χ0n) is 36.1. The fraction of sp³-hybridized carbons (Fsp3) is 0.830. The number of ether oxygens (including phenoxy) is 4. The molecule has 0 aromatic heterocycles. The van der Waals surface area contributed by atoms with Crippen LogP contribution in [0.15, 0.2) is 36.5 Å². The zero-order chi connectivity index (χ0) is 41.6. The minimum atomic E-state index is -1.60. The minimum absolute atomic E-state index is 0.214. The Morgan fingerprint density at radius 1 is 0.544 bits per heavy atom. The van der Waals surface area contributed by atoms with E-state index in [0.717, 1.165) is 70.6 Å². The van der Waals surface area contributed by atoms with Gasteiger partial charge in [0.1, 0.15) is 31.0 Å². The van der Waals surface area contributed by atoms with Crippen LogP contribution < -0.4 is 0 Å². The van der Waals surface area contributed by atoms with Gasteiger partial charge in [0.25, 0.3) is 0 Å². The van der Waals surface area contributed by atoms with Gasteiger partial charge in [-0.15, -0.1) is 0 Å². The van der Waals surface area contributed by atoms with E-state index in [2.05, 4.69) is 50.3 Å². The Morgan fingerprint density at radius 3 is 1.51 bits per heavy atom. The molecule has 2 unspecified atom stereocenters. The van der Waals surface area contributed by atoms with Crippen LogP contribution in [0, 0.1) is 0 Å². The summed E-state index contributed by atoms with van der Waals surface area (Å²) < 4.78 is 22.2. The summed E-state index contributed by atoms with van der Waals surface area (Å²) in [6.45, 7) is 3.37. The van der Waals surface area contributed by atoms with Crippen molar-refractivity contribution in [1.29, 1.82) is 0 Å². The largest absolute Gasteiger partial charge is 0.462 e. The van der Waals surface area contributed by atoms with Gasteiger partial charge >= 0.3 is 11.9 Å². The molecule has 1 rings (SSSR count). The van der Waals surface area contributed by atoms with Gasteiger partial charge in [0.2, 0.25) is 0 Å². The van der Waals surface area contributed by atoms with Gasteiger partial charge in [0, 0.05) is 12.8 Å². The standard InChI is InChI=1S/C47H84O10/c1-3-5-7-9-11-13-15-17-19-20-22-23-25-27-29-31-33-35-42(49)54-38-40(39-55-47-46(53)45(52)44(51)41(37-48)57-47)56-43(50)36-34-32-30-28-26-24-21-18-16-14-12-10-8-6-4-2/h12-15,18,21,40-41,44-48,51-53H,3-11,16-17,19-20,22-39H2,1-2H3/b14-12+,15-13+,21-18+/t40-,41-,44+,45?,46?,47-/m0/s1. The van der Waals surface area contributed by atoms with Gasteiger partial charge in [-0.2, -0.15) is 0 Å². The first kappa shape index (κ1) is 52.9. The van der Waals surface area contributed by atoms with Crippen molar-refractivity contribution in [2.45, 2.75) is 230 Å². The highest BCUT2D eigenvalue weighted by molar-refractivity contribution is 5.70. The predicted molar refractivity (Wildman–Crippen MR) is 229 cm³/mol. The highest BCUT2D eigenvalue weighted by atomic mass is 16.7. The molecular weight excluding hydrogens is 725 g/mol. The minimum Gasteiger partial charge on any atom is -0.462 e. The number of aliphatic hydroxyl groups is 4. The van der Waals surface area contributed by atoms with Crippen molar-refractivity contribution in [3.8, 4) is 0 Å².